The third-order valence-corrected chi connectivity index (χ3v) is 10.6. The SMILES string of the molecule is CC[C@H](NC(=O)[C@@H]1CSCN1C(=O)OC(C)(C)C)C(=O)NSC1CCC(C2CCN(Cc3ccccc3)CC2)CC1. The topological polar surface area (TPSA) is 91.0 Å². The van der Waals surface area contributed by atoms with E-state index in [1.54, 1.807) is 20.8 Å². The monoisotopic (exact) mass is 604 g/mol. The number of hydrogen-bond acceptors (Lipinski definition) is 7. The fourth-order valence-corrected chi connectivity index (χ4v) is 8.17. The average molecular weight is 605 g/mol. The predicted molar refractivity (Wildman–Crippen MR) is 167 cm³/mol. The molecule has 2 aliphatic heterocycles. The van der Waals surface area contributed by atoms with Gasteiger partial charge < -0.3 is 10.1 Å². The number of nitrogens with zero attached hydrogens (tertiary/aromatic N) is 2. The summed E-state index contributed by atoms with van der Waals surface area (Å²) >= 11 is 3.04. The number of likely N-dealkylation sites (tertiary alicyclic amines) is 1. The van der Waals surface area contributed by atoms with Crippen molar-refractivity contribution in [1.82, 2.24) is 19.8 Å². The molecule has 0 spiro atoms. The molecule has 1 aromatic rings. The summed E-state index contributed by atoms with van der Waals surface area (Å²) in [5.74, 6) is 2.03. The number of hydrogen-bond donors (Lipinski definition) is 2. The third kappa shape index (κ3) is 9.55. The molecule has 3 fully saturated rings. The van der Waals surface area contributed by atoms with Gasteiger partial charge in [0.05, 0.1) is 5.88 Å². The number of benzene rings is 1. The summed E-state index contributed by atoms with van der Waals surface area (Å²) in [7, 11) is 0. The highest BCUT2D eigenvalue weighted by Crippen LogP contribution is 2.38. The van der Waals surface area contributed by atoms with Crippen LogP contribution in [0.5, 0.6) is 0 Å². The van der Waals surface area contributed by atoms with Crippen LogP contribution in [0.1, 0.15) is 78.2 Å². The van der Waals surface area contributed by atoms with E-state index in [2.05, 4.69) is 45.3 Å². The number of carbonyl (C=O) groups excluding carboxylic acids is 3. The minimum Gasteiger partial charge on any atom is -0.444 e. The third-order valence-electron chi connectivity index (χ3n) is 8.45. The van der Waals surface area contributed by atoms with E-state index in [0.717, 1.165) is 31.2 Å². The van der Waals surface area contributed by atoms with Gasteiger partial charge in [-0.15, -0.1) is 11.8 Å². The van der Waals surface area contributed by atoms with Crippen LogP contribution in [-0.2, 0) is 20.9 Å². The van der Waals surface area contributed by atoms with Gasteiger partial charge in [-0.3, -0.25) is 24.1 Å². The van der Waals surface area contributed by atoms with Crippen LogP contribution in [0.15, 0.2) is 30.3 Å². The van der Waals surface area contributed by atoms with Gasteiger partial charge in [0.15, 0.2) is 0 Å². The van der Waals surface area contributed by atoms with Crippen molar-refractivity contribution >= 4 is 41.6 Å². The molecule has 2 heterocycles. The van der Waals surface area contributed by atoms with Gasteiger partial charge in [-0.25, -0.2) is 4.79 Å². The molecule has 8 nitrogen and oxygen atoms in total. The van der Waals surface area contributed by atoms with Crippen LogP contribution in [0.4, 0.5) is 4.79 Å². The summed E-state index contributed by atoms with van der Waals surface area (Å²) in [6.07, 6.45) is 7.25. The Morgan fingerprint density at radius 1 is 1.02 bits per heavy atom. The maximum absolute atomic E-state index is 13.0. The first-order valence-corrected chi connectivity index (χ1v) is 17.3. The van der Waals surface area contributed by atoms with Crippen molar-refractivity contribution in [3.63, 3.8) is 0 Å². The first-order valence-electron chi connectivity index (χ1n) is 15.2. The van der Waals surface area contributed by atoms with Crippen LogP contribution in [0.25, 0.3) is 0 Å². The van der Waals surface area contributed by atoms with Gasteiger partial charge >= 0.3 is 6.09 Å². The van der Waals surface area contributed by atoms with E-state index in [4.69, 9.17) is 4.74 Å². The average Bonchev–Trinajstić information content (AvgIpc) is 3.46. The Bertz CT molecular complexity index is 1010. The number of piperidine rings is 1. The Hall–Kier alpha value is -1.91. The van der Waals surface area contributed by atoms with E-state index in [9.17, 15) is 14.4 Å². The lowest BCUT2D eigenvalue weighted by molar-refractivity contribution is -0.130. The standard InChI is InChI=1S/C31H48N4O4S2/c1-5-26(32-29(37)27-20-40-21-35(27)30(38)39-31(2,3)4)28(36)33-41-25-13-11-23(12-14-25)24-15-17-34(18-16-24)19-22-9-7-6-8-10-22/h6-10,23-27H,5,11-21H2,1-4H3,(H,32,37)(H,33,36)/t23?,25?,26-,27-/m0/s1. The van der Waals surface area contributed by atoms with Gasteiger partial charge in [0.1, 0.15) is 17.7 Å². The van der Waals surface area contributed by atoms with E-state index in [1.807, 2.05) is 6.92 Å². The number of amides is 3. The number of nitrogens with one attached hydrogen (secondary N) is 2. The summed E-state index contributed by atoms with van der Waals surface area (Å²) in [6, 6.07) is 9.50. The van der Waals surface area contributed by atoms with E-state index in [-0.39, 0.29) is 11.8 Å². The Kier molecular flexibility index (Phi) is 11.7. The number of carbonyl (C=O) groups is 3. The zero-order valence-corrected chi connectivity index (χ0v) is 26.7. The molecule has 0 unspecified atom stereocenters. The summed E-state index contributed by atoms with van der Waals surface area (Å²) in [4.78, 5) is 42.6. The molecule has 0 bridgehead atoms. The lowest BCUT2D eigenvalue weighted by Crippen LogP contribution is -2.53. The van der Waals surface area contributed by atoms with Gasteiger partial charge in [0.2, 0.25) is 5.91 Å². The summed E-state index contributed by atoms with van der Waals surface area (Å²) in [6.45, 7) is 10.7. The van der Waals surface area contributed by atoms with Crippen LogP contribution < -0.4 is 10.0 Å². The molecule has 10 heteroatoms. The molecule has 0 aromatic heterocycles. The summed E-state index contributed by atoms with van der Waals surface area (Å²) < 4.78 is 8.50. The maximum Gasteiger partial charge on any atom is 0.411 e. The molecule has 1 saturated carbocycles. The molecule has 3 aliphatic rings. The van der Waals surface area contributed by atoms with Crippen molar-refractivity contribution in [3.8, 4) is 0 Å². The lowest BCUT2D eigenvalue weighted by Gasteiger charge is -2.39. The van der Waals surface area contributed by atoms with Crippen LogP contribution in [0.3, 0.4) is 0 Å². The predicted octanol–water partition coefficient (Wildman–Crippen LogP) is 5.43. The quantitative estimate of drug-likeness (QED) is 0.364. The molecule has 41 heavy (non-hydrogen) atoms. The maximum atomic E-state index is 13.0. The second kappa shape index (κ2) is 15.0. The van der Waals surface area contributed by atoms with Crippen molar-refractivity contribution in [2.24, 2.45) is 11.8 Å². The number of thioether (sulfide) groups is 1. The molecule has 1 aliphatic carbocycles. The molecular formula is C31H48N4O4S2. The Morgan fingerprint density at radius 2 is 1.68 bits per heavy atom. The van der Waals surface area contributed by atoms with E-state index < -0.39 is 23.8 Å². The zero-order chi connectivity index (χ0) is 29.4. The first-order chi connectivity index (χ1) is 19.6. The van der Waals surface area contributed by atoms with Gasteiger partial charge in [0, 0.05) is 17.5 Å². The zero-order valence-electron chi connectivity index (χ0n) is 25.1. The highest BCUT2D eigenvalue weighted by Gasteiger charge is 2.38. The highest BCUT2D eigenvalue weighted by molar-refractivity contribution is 7.99. The normalized spacial score (nSPS) is 25.0. The first kappa shape index (κ1) is 32.0. The minimum atomic E-state index is -0.634. The van der Waals surface area contributed by atoms with Crippen molar-refractivity contribution in [1.29, 1.82) is 0 Å². The largest absolute Gasteiger partial charge is 0.444 e. The van der Waals surface area contributed by atoms with Gasteiger partial charge in [-0.2, -0.15) is 0 Å². The smallest absolute Gasteiger partial charge is 0.411 e. The lowest BCUT2D eigenvalue weighted by atomic mass is 9.75. The minimum absolute atomic E-state index is 0.173. The second-order valence-electron chi connectivity index (χ2n) is 12.7. The van der Waals surface area contributed by atoms with Gasteiger partial charge in [-0.1, -0.05) is 37.3 Å². The molecule has 1 aromatic carbocycles. The second-order valence-corrected chi connectivity index (χ2v) is 14.8. The molecule has 228 valence electrons. The summed E-state index contributed by atoms with van der Waals surface area (Å²) in [5, 5.41) is 3.29. The van der Waals surface area contributed by atoms with Crippen LogP contribution in [0, 0.1) is 11.8 Å². The Morgan fingerprint density at radius 3 is 2.32 bits per heavy atom. The van der Waals surface area contributed by atoms with Crippen LogP contribution in [-0.4, -0.2) is 75.4 Å². The molecule has 3 amide bonds. The van der Waals surface area contributed by atoms with Crippen molar-refractivity contribution in [2.75, 3.05) is 24.7 Å². The highest BCUT2D eigenvalue weighted by atomic mass is 32.2. The van der Waals surface area contributed by atoms with Crippen molar-refractivity contribution < 1.29 is 19.1 Å². The van der Waals surface area contributed by atoms with E-state index in [0.29, 0.717) is 23.3 Å². The molecule has 2 atom stereocenters. The Balaban J connectivity index is 1.15. The summed E-state index contributed by atoms with van der Waals surface area (Å²) in [5.41, 5.74) is 0.768. The number of ether oxygens (including phenoxy) is 1. The van der Waals surface area contributed by atoms with Crippen LogP contribution in [0.2, 0.25) is 0 Å². The molecule has 2 saturated heterocycles. The number of rotatable bonds is 9. The molecular weight excluding hydrogens is 556 g/mol. The van der Waals surface area contributed by atoms with E-state index in [1.165, 1.54) is 72.9 Å². The van der Waals surface area contributed by atoms with Crippen molar-refractivity contribution in [2.45, 2.75) is 102 Å². The Labute approximate surface area is 254 Å². The van der Waals surface area contributed by atoms with E-state index >= 15 is 0 Å². The fraction of sp³-hybridized carbons (Fsp3) is 0.710. The van der Waals surface area contributed by atoms with Gasteiger partial charge in [-0.05, 0) is 108 Å². The molecule has 0 radical (unpaired) electrons. The molecule has 2 N–H and O–H groups in total. The van der Waals surface area contributed by atoms with Crippen molar-refractivity contribution in [3.05, 3.63) is 35.9 Å². The van der Waals surface area contributed by atoms with Gasteiger partial charge in [0.25, 0.3) is 5.91 Å². The van der Waals surface area contributed by atoms with Crippen LogP contribution >= 0.6 is 23.7 Å². The molecule has 4 rings (SSSR count). The fourth-order valence-electron chi connectivity index (χ4n) is 6.10.